The molecule has 2 aliphatic heterocycles. The van der Waals surface area contributed by atoms with Crippen molar-refractivity contribution >= 4 is 16.0 Å². The first-order valence-electron chi connectivity index (χ1n) is 7.39. The number of rotatable bonds is 4. The van der Waals surface area contributed by atoms with Crippen LogP contribution in [-0.4, -0.2) is 71.1 Å². The van der Waals surface area contributed by atoms with Crippen LogP contribution in [0.1, 0.15) is 11.4 Å². The van der Waals surface area contributed by atoms with Crippen LogP contribution in [0.15, 0.2) is 12.4 Å². The average Bonchev–Trinajstić information content (AvgIpc) is 2.95. The summed E-state index contributed by atoms with van der Waals surface area (Å²) in [6, 6.07) is 0. The first-order chi connectivity index (χ1) is 10.7. The van der Waals surface area contributed by atoms with Gasteiger partial charge in [-0.3, -0.25) is 9.69 Å². The normalized spacial score (nSPS) is 28.9. The smallest absolute Gasteiger partial charge is 0.312 e. The number of nitrogens with zero attached hydrogens (tertiary/aromatic N) is 4. The average molecular weight is 340 g/mol. The van der Waals surface area contributed by atoms with Gasteiger partial charge in [-0.1, -0.05) is 0 Å². The molecule has 8 nitrogen and oxygen atoms in total. The second kappa shape index (κ2) is 5.50. The molecule has 0 spiro atoms. The Morgan fingerprint density at radius 1 is 1.35 bits per heavy atom. The molecular formula is C14H20N4O4S. The third kappa shape index (κ3) is 2.96. The Hall–Kier alpha value is -1.58. The van der Waals surface area contributed by atoms with E-state index in [0.29, 0.717) is 25.5 Å². The Morgan fingerprint density at radius 2 is 2.00 bits per heavy atom. The van der Waals surface area contributed by atoms with E-state index in [1.807, 2.05) is 11.8 Å². The highest BCUT2D eigenvalue weighted by Gasteiger charge is 2.59. The van der Waals surface area contributed by atoms with Crippen LogP contribution in [0.5, 0.6) is 0 Å². The molecule has 0 aliphatic carbocycles. The van der Waals surface area contributed by atoms with Gasteiger partial charge in [-0.2, -0.15) is 0 Å². The number of hydrogen-bond donors (Lipinski definition) is 1. The molecular weight excluding hydrogens is 320 g/mol. The van der Waals surface area contributed by atoms with Gasteiger partial charge in [0, 0.05) is 56.6 Å². The van der Waals surface area contributed by atoms with Crippen molar-refractivity contribution in [3.05, 3.63) is 23.8 Å². The van der Waals surface area contributed by atoms with Crippen LogP contribution in [0.25, 0.3) is 0 Å². The summed E-state index contributed by atoms with van der Waals surface area (Å²) < 4.78 is 24.8. The molecule has 9 heteroatoms. The molecule has 3 heterocycles. The lowest BCUT2D eigenvalue weighted by atomic mass is 9.81. The fraction of sp³-hybridized carbons (Fsp3) is 0.643. The van der Waals surface area contributed by atoms with E-state index >= 15 is 0 Å². The summed E-state index contributed by atoms with van der Waals surface area (Å²) in [7, 11) is -3.37. The summed E-state index contributed by atoms with van der Waals surface area (Å²) in [5.41, 5.74) is -0.0923. The highest BCUT2D eigenvalue weighted by atomic mass is 32.2. The second-order valence-electron chi connectivity index (χ2n) is 6.52. The van der Waals surface area contributed by atoms with Gasteiger partial charge in [0.15, 0.2) is 0 Å². The predicted molar refractivity (Wildman–Crippen MR) is 82.0 cm³/mol. The SMILES string of the molecule is Cc1ncc(CN2C[C@H]3CN(S(C)(=O)=O)C[C@@]3(C(=O)O)C2)cn1. The lowest BCUT2D eigenvalue weighted by Gasteiger charge is -2.24. The Morgan fingerprint density at radius 3 is 2.52 bits per heavy atom. The molecule has 0 bridgehead atoms. The minimum absolute atomic E-state index is 0.0483. The maximum absolute atomic E-state index is 11.8. The number of hydrogen-bond acceptors (Lipinski definition) is 6. The van der Waals surface area contributed by atoms with E-state index in [9.17, 15) is 18.3 Å². The molecule has 2 atom stereocenters. The first-order valence-corrected chi connectivity index (χ1v) is 9.24. The van der Waals surface area contributed by atoms with Gasteiger partial charge in [-0.15, -0.1) is 0 Å². The van der Waals surface area contributed by atoms with E-state index in [0.717, 1.165) is 11.8 Å². The first kappa shape index (κ1) is 16.3. The predicted octanol–water partition coefficient (Wildman–Crippen LogP) is -0.437. The zero-order valence-corrected chi connectivity index (χ0v) is 14.0. The number of likely N-dealkylation sites (tertiary alicyclic amines) is 1. The van der Waals surface area contributed by atoms with Crippen LogP contribution >= 0.6 is 0 Å². The minimum Gasteiger partial charge on any atom is -0.481 e. The highest BCUT2D eigenvalue weighted by molar-refractivity contribution is 7.88. The van der Waals surface area contributed by atoms with E-state index in [1.165, 1.54) is 4.31 Å². The molecule has 0 amide bonds. The molecule has 0 aromatic carbocycles. The van der Waals surface area contributed by atoms with E-state index in [2.05, 4.69) is 9.97 Å². The molecule has 2 fully saturated rings. The Kier molecular flexibility index (Phi) is 3.89. The fourth-order valence-electron chi connectivity index (χ4n) is 3.56. The minimum atomic E-state index is -3.37. The van der Waals surface area contributed by atoms with Gasteiger partial charge >= 0.3 is 5.97 Å². The van der Waals surface area contributed by atoms with Crippen molar-refractivity contribution < 1.29 is 18.3 Å². The van der Waals surface area contributed by atoms with Gasteiger partial charge in [-0.05, 0) is 6.92 Å². The topological polar surface area (TPSA) is 104 Å². The summed E-state index contributed by atoms with van der Waals surface area (Å²) in [4.78, 5) is 22.2. The summed E-state index contributed by atoms with van der Waals surface area (Å²) >= 11 is 0. The lowest BCUT2D eigenvalue weighted by Crippen LogP contribution is -2.41. The fourth-order valence-corrected chi connectivity index (χ4v) is 4.47. The summed E-state index contributed by atoms with van der Waals surface area (Å²) in [5, 5.41) is 9.71. The zero-order valence-electron chi connectivity index (χ0n) is 13.1. The van der Waals surface area contributed by atoms with E-state index in [4.69, 9.17) is 0 Å². The van der Waals surface area contributed by atoms with E-state index in [-0.39, 0.29) is 19.0 Å². The van der Waals surface area contributed by atoms with Gasteiger partial charge in [-0.25, -0.2) is 22.7 Å². The maximum atomic E-state index is 11.8. The van der Waals surface area contributed by atoms with E-state index in [1.54, 1.807) is 12.4 Å². The molecule has 2 aliphatic rings. The van der Waals surface area contributed by atoms with Gasteiger partial charge in [0.25, 0.3) is 0 Å². The van der Waals surface area contributed by atoms with Crippen molar-refractivity contribution in [3.8, 4) is 0 Å². The molecule has 2 saturated heterocycles. The van der Waals surface area contributed by atoms with Crippen molar-refractivity contribution in [3.63, 3.8) is 0 Å². The maximum Gasteiger partial charge on any atom is 0.312 e. The molecule has 1 N–H and O–H groups in total. The number of sulfonamides is 1. The number of fused-ring (bicyclic) bond motifs is 1. The summed E-state index contributed by atoms with van der Waals surface area (Å²) in [6.07, 6.45) is 4.62. The van der Waals surface area contributed by atoms with Gasteiger partial charge < -0.3 is 5.11 Å². The van der Waals surface area contributed by atoms with Gasteiger partial charge in [0.1, 0.15) is 5.82 Å². The number of carboxylic acids is 1. The van der Waals surface area contributed by atoms with Crippen molar-refractivity contribution in [2.75, 3.05) is 32.4 Å². The van der Waals surface area contributed by atoms with Gasteiger partial charge in [0.05, 0.1) is 11.7 Å². The van der Waals surface area contributed by atoms with Crippen molar-refractivity contribution in [2.24, 2.45) is 11.3 Å². The molecule has 126 valence electrons. The molecule has 3 rings (SSSR count). The quantitative estimate of drug-likeness (QED) is 0.792. The molecule has 0 saturated carbocycles. The Bertz CT molecular complexity index is 721. The standard InChI is InChI=1S/C14H20N4O4S/c1-10-15-3-11(4-16-10)5-17-6-12-7-18(23(2,21)22)9-14(12,8-17)13(19)20/h3-4,12H,5-9H2,1-2H3,(H,19,20)/t12-,14-/m0/s1. The van der Waals surface area contributed by atoms with Crippen LogP contribution < -0.4 is 0 Å². The molecule has 1 aromatic heterocycles. The van der Waals surface area contributed by atoms with Crippen LogP contribution in [-0.2, 0) is 21.4 Å². The number of aryl methyl sites for hydroxylation is 1. The number of aliphatic carboxylic acids is 1. The van der Waals surface area contributed by atoms with Crippen LogP contribution in [0.2, 0.25) is 0 Å². The number of carbonyl (C=O) groups is 1. The molecule has 1 aromatic rings. The number of carboxylic acid groups (broad SMARTS) is 1. The second-order valence-corrected chi connectivity index (χ2v) is 8.50. The Labute approximate surface area is 135 Å². The lowest BCUT2D eigenvalue weighted by molar-refractivity contribution is -0.148. The van der Waals surface area contributed by atoms with Gasteiger partial charge in [0.2, 0.25) is 10.0 Å². The largest absolute Gasteiger partial charge is 0.481 e. The number of aromatic nitrogens is 2. The van der Waals surface area contributed by atoms with Crippen molar-refractivity contribution in [1.82, 2.24) is 19.2 Å². The summed E-state index contributed by atoms with van der Waals surface area (Å²) in [6.45, 7) is 3.60. The third-order valence-corrected chi connectivity index (χ3v) is 6.00. The molecule has 23 heavy (non-hydrogen) atoms. The monoisotopic (exact) mass is 340 g/mol. The summed E-state index contributed by atoms with van der Waals surface area (Å²) in [5.74, 6) is -0.421. The van der Waals surface area contributed by atoms with Crippen molar-refractivity contribution in [2.45, 2.75) is 13.5 Å². The molecule has 0 radical (unpaired) electrons. The zero-order chi connectivity index (χ0) is 16.8. The van der Waals surface area contributed by atoms with E-state index < -0.39 is 21.4 Å². The highest BCUT2D eigenvalue weighted by Crippen LogP contribution is 2.43. The van der Waals surface area contributed by atoms with Crippen LogP contribution in [0.4, 0.5) is 0 Å². The molecule has 0 unspecified atom stereocenters. The van der Waals surface area contributed by atoms with Crippen LogP contribution in [0.3, 0.4) is 0 Å². The third-order valence-electron chi connectivity index (χ3n) is 4.78. The van der Waals surface area contributed by atoms with Crippen LogP contribution in [0, 0.1) is 18.3 Å². The van der Waals surface area contributed by atoms with Crippen molar-refractivity contribution in [1.29, 1.82) is 0 Å². The Balaban J connectivity index is 1.77.